The van der Waals surface area contributed by atoms with Crippen LogP contribution in [0.5, 0.6) is 0 Å². The van der Waals surface area contributed by atoms with Crippen molar-refractivity contribution >= 4 is 5.97 Å². The highest BCUT2D eigenvalue weighted by Crippen LogP contribution is 2.05. The molecule has 1 saturated heterocycles. The standard InChI is InChI=1S/C15H24N4O2/c1-17-6-7-18(2)9-11-19(10-8-17)12-13-4-3-5-14(16-13)15(20)21/h3-5H,6-12H2,1-2H3,(H,20,21)/p-1. The van der Waals surface area contributed by atoms with E-state index in [1.54, 1.807) is 6.07 Å². The van der Waals surface area contributed by atoms with E-state index in [-0.39, 0.29) is 5.69 Å². The fourth-order valence-electron chi connectivity index (χ4n) is 2.37. The second-order valence-corrected chi connectivity index (χ2v) is 5.68. The van der Waals surface area contributed by atoms with Crippen molar-refractivity contribution in [3.05, 3.63) is 29.6 Å². The van der Waals surface area contributed by atoms with Gasteiger partial charge < -0.3 is 19.7 Å². The second-order valence-electron chi connectivity index (χ2n) is 5.68. The molecule has 1 aromatic rings. The van der Waals surface area contributed by atoms with E-state index in [0.29, 0.717) is 6.54 Å². The molecule has 0 amide bonds. The molecule has 0 unspecified atom stereocenters. The summed E-state index contributed by atoms with van der Waals surface area (Å²) in [5.41, 5.74) is 0.784. The molecule has 1 aliphatic heterocycles. The van der Waals surface area contributed by atoms with Gasteiger partial charge in [-0.05, 0) is 26.2 Å². The Morgan fingerprint density at radius 2 is 1.67 bits per heavy atom. The number of carbonyl (C=O) groups is 1. The first-order valence-corrected chi connectivity index (χ1v) is 7.31. The first-order valence-electron chi connectivity index (χ1n) is 7.31. The van der Waals surface area contributed by atoms with Crippen LogP contribution in [0.15, 0.2) is 18.2 Å². The molecule has 6 heteroatoms. The van der Waals surface area contributed by atoms with Crippen LogP contribution in [0.4, 0.5) is 0 Å². The van der Waals surface area contributed by atoms with Crippen LogP contribution in [-0.4, -0.2) is 79.0 Å². The summed E-state index contributed by atoms with van der Waals surface area (Å²) in [5, 5.41) is 10.9. The summed E-state index contributed by atoms with van der Waals surface area (Å²) in [5.74, 6) is -1.22. The maximum absolute atomic E-state index is 10.9. The normalized spacial score (nSPS) is 19.7. The lowest BCUT2D eigenvalue weighted by Gasteiger charge is -2.23. The molecule has 0 aliphatic carbocycles. The maximum Gasteiger partial charge on any atom is 0.0900 e. The lowest BCUT2D eigenvalue weighted by Crippen LogP contribution is -2.34. The van der Waals surface area contributed by atoms with Crippen LogP contribution in [0.1, 0.15) is 16.2 Å². The molecule has 1 fully saturated rings. The summed E-state index contributed by atoms with van der Waals surface area (Å²) in [4.78, 5) is 22.0. The van der Waals surface area contributed by atoms with Gasteiger partial charge in [-0.15, -0.1) is 0 Å². The Bertz CT molecular complexity index is 466. The van der Waals surface area contributed by atoms with Crippen LogP contribution in [-0.2, 0) is 6.54 Å². The highest BCUT2D eigenvalue weighted by molar-refractivity contribution is 5.83. The minimum absolute atomic E-state index is 0.00556. The van der Waals surface area contributed by atoms with Crippen molar-refractivity contribution in [1.82, 2.24) is 19.7 Å². The Morgan fingerprint density at radius 1 is 1.10 bits per heavy atom. The number of carboxylic acids is 1. The molecule has 0 N–H and O–H groups in total. The van der Waals surface area contributed by atoms with Gasteiger partial charge in [0, 0.05) is 45.8 Å². The second kappa shape index (κ2) is 7.49. The monoisotopic (exact) mass is 291 g/mol. The number of rotatable bonds is 3. The maximum atomic E-state index is 10.9. The number of likely N-dealkylation sites (N-methyl/N-ethyl adjacent to an activating group) is 2. The SMILES string of the molecule is CN1CCN(C)CCN(Cc2cccc(C(=O)[O-])n2)CC1. The minimum Gasteiger partial charge on any atom is -0.543 e. The van der Waals surface area contributed by atoms with Gasteiger partial charge in [0.05, 0.1) is 17.4 Å². The van der Waals surface area contributed by atoms with Crippen LogP contribution in [0.2, 0.25) is 0 Å². The first kappa shape index (κ1) is 15.9. The summed E-state index contributed by atoms with van der Waals surface area (Å²) in [7, 11) is 4.26. The number of aromatic carboxylic acids is 1. The summed E-state index contributed by atoms with van der Waals surface area (Å²) in [6, 6.07) is 5.06. The minimum atomic E-state index is -1.22. The van der Waals surface area contributed by atoms with Crippen LogP contribution in [0.3, 0.4) is 0 Å². The third-order valence-electron chi connectivity index (χ3n) is 3.86. The van der Waals surface area contributed by atoms with Gasteiger partial charge in [0.2, 0.25) is 0 Å². The number of hydrogen-bond acceptors (Lipinski definition) is 6. The number of pyridine rings is 1. The van der Waals surface area contributed by atoms with E-state index in [0.717, 1.165) is 45.0 Å². The third kappa shape index (κ3) is 5.08. The van der Waals surface area contributed by atoms with Crippen LogP contribution in [0, 0.1) is 0 Å². The molecule has 116 valence electrons. The average Bonchev–Trinajstić information content (AvgIpc) is 2.54. The van der Waals surface area contributed by atoms with Crippen LogP contribution in [0.25, 0.3) is 0 Å². The van der Waals surface area contributed by atoms with Gasteiger partial charge in [0.25, 0.3) is 0 Å². The molecule has 0 bridgehead atoms. The van der Waals surface area contributed by atoms with Gasteiger partial charge in [0.1, 0.15) is 0 Å². The molecule has 1 aliphatic rings. The van der Waals surface area contributed by atoms with E-state index in [4.69, 9.17) is 0 Å². The Balaban J connectivity index is 2.02. The van der Waals surface area contributed by atoms with Crippen molar-refractivity contribution in [2.45, 2.75) is 6.54 Å². The van der Waals surface area contributed by atoms with Gasteiger partial charge in [-0.2, -0.15) is 0 Å². The van der Waals surface area contributed by atoms with Crippen molar-refractivity contribution in [3.8, 4) is 0 Å². The number of hydrogen-bond donors (Lipinski definition) is 0. The lowest BCUT2D eigenvalue weighted by atomic mass is 10.2. The highest BCUT2D eigenvalue weighted by Gasteiger charge is 2.13. The smallest absolute Gasteiger partial charge is 0.0900 e. The molecule has 0 saturated carbocycles. The molecule has 6 nitrogen and oxygen atoms in total. The van der Waals surface area contributed by atoms with Crippen molar-refractivity contribution in [3.63, 3.8) is 0 Å². The van der Waals surface area contributed by atoms with Crippen molar-refractivity contribution in [2.75, 3.05) is 53.4 Å². The largest absolute Gasteiger partial charge is 0.543 e. The van der Waals surface area contributed by atoms with Gasteiger partial charge in [-0.3, -0.25) is 9.88 Å². The number of aromatic nitrogens is 1. The molecular weight excluding hydrogens is 268 g/mol. The predicted molar refractivity (Wildman–Crippen MR) is 78.8 cm³/mol. The molecule has 21 heavy (non-hydrogen) atoms. The van der Waals surface area contributed by atoms with Gasteiger partial charge >= 0.3 is 0 Å². The Labute approximate surface area is 126 Å². The van der Waals surface area contributed by atoms with Crippen molar-refractivity contribution < 1.29 is 9.90 Å². The van der Waals surface area contributed by atoms with Gasteiger partial charge in [-0.25, -0.2) is 0 Å². The van der Waals surface area contributed by atoms with E-state index in [1.165, 1.54) is 6.07 Å². The molecule has 0 radical (unpaired) electrons. The van der Waals surface area contributed by atoms with E-state index in [9.17, 15) is 9.90 Å². The van der Waals surface area contributed by atoms with E-state index < -0.39 is 5.97 Å². The average molecular weight is 291 g/mol. The molecule has 0 aromatic carbocycles. The Morgan fingerprint density at radius 3 is 2.24 bits per heavy atom. The van der Waals surface area contributed by atoms with E-state index in [1.807, 2.05) is 6.07 Å². The van der Waals surface area contributed by atoms with E-state index in [2.05, 4.69) is 33.8 Å². The molecule has 2 rings (SSSR count). The molecule has 1 aromatic heterocycles. The van der Waals surface area contributed by atoms with Gasteiger partial charge in [-0.1, -0.05) is 6.07 Å². The quantitative estimate of drug-likeness (QED) is 0.721. The Kier molecular flexibility index (Phi) is 5.67. The topological polar surface area (TPSA) is 62.7 Å². The van der Waals surface area contributed by atoms with Crippen LogP contribution < -0.4 is 5.11 Å². The zero-order chi connectivity index (χ0) is 15.2. The zero-order valence-electron chi connectivity index (χ0n) is 12.8. The third-order valence-corrected chi connectivity index (χ3v) is 3.86. The predicted octanol–water partition coefficient (Wildman–Crippen LogP) is -0.876. The number of carboxylic acid groups (broad SMARTS) is 1. The summed E-state index contributed by atoms with van der Waals surface area (Å²) in [6.45, 7) is 6.75. The zero-order valence-corrected chi connectivity index (χ0v) is 12.8. The highest BCUT2D eigenvalue weighted by atomic mass is 16.4. The van der Waals surface area contributed by atoms with Crippen LogP contribution >= 0.6 is 0 Å². The number of nitrogens with zero attached hydrogens (tertiary/aromatic N) is 4. The fraction of sp³-hybridized carbons (Fsp3) is 0.600. The van der Waals surface area contributed by atoms with Gasteiger partial charge in [0.15, 0.2) is 0 Å². The summed E-state index contributed by atoms with van der Waals surface area (Å²) < 4.78 is 0. The van der Waals surface area contributed by atoms with E-state index >= 15 is 0 Å². The molecule has 2 heterocycles. The fourth-order valence-corrected chi connectivity index (χ4v) is 2.37. The Hall–Kier alpha value is -1.50. The lowest BCUT2D eigenvalue weighted by molar-refractivity contribution is -0.255. The van der Waals surface area contributed by atoms with Crippen molar-refractivity contribution in [2.24, 2.45) is 0 Å². The first-order chi connectivity index (χ1) is 10.0. The summed E-state index contributed by atoms with van der Waals surface area (Å²) >= 11 is 0. The van der Waals surface area contributed by atoms with Crippen molar-refractivity contribution in [1.29, 1.82) is 0 Å². The molecule has 0 atom stereocenters. The molecule has 0 spiro atoms. The number of carbonyl (C=O) groups excluding carboxylic acids is 1. The summed E-state index contributed by atoms with van der Waals surface area (Å²) in [6.07, 6.45) is 0. The molecular formula is C15H23N4O2-.